The Balaban J connectivity index is 2.02. The van der Waals surface area contributed by atoms with Gasteiger partial charge in [0, 0.05) is 36.5 Å². The zero-order valence-corrected chi connectivity index (χ0v) is 14.3. The van der Waals surface area contributed by atoms with Crippen molar-refractivity contribution in [2.24, 2.45) is 0 Å². The molecule has 1 heterocycles. The maximum atomic E-state index is 12.5. The van der Waals surface area contributed by atoms with E-state index >= 15 is 0 Å². The molecule has 2 amide bonds. The first-order valence-corrected chi connectivity index (χ1v) is 8.51. The van der Waals surface area contributed by atoms with Gasteiger partial charge in [0.1, 0.15) is 0 Å². The van der Waals surface area contributed by atoms with E-state index in [9.17, 15) is 4.79 Å². The van der Waals surface area contributed by atoms with E-state index in [1.54, 1.807) is 0 Å². The summed E-state index contributed by atoms with van der Waals surface area (Å²) in [5.74, 6) is 0. The normalized spacial score (nSPS) is 21.5. The number of nitrogens with one attached hydrogen (secondary N) is 1. The molecule has 1 saturated heterocycles. The molecule has 22 heavy (non-hydrogen) atoms. The quantitative estimate of drug-likeness (QED) is 0.898. The Morgan fingerprint density at radius 3 is 2.18 bits per heavy atom. The zero-order chi connectivity index (χ0) is 16.1. The van der Waals surface area contributed by atoms with Crippen molar-refractivity contribution >= 4 is 17.4 Å². The second-order valence-electron chi connectivity index (χ2n) is 6.19. The minimum absolute atomic E-state index is 0.0234. The summed E-state index contributed by atoms with van der Waals surface area (Å²) in [5, 5.41) is 3.04. The second kappa shape index (κ2) is 7.52. The number of likely N-dealkylation sites (tertiary alicyclic amines) is 1. The summed E-state index contributed by atoms with van der Waals surface area (Å²) in [5.41, 5.74) is 2.06. The maximum absolute atomic E-state index is 12.5. The van der Waals surface area contributed by atoms with E-state index in [0.29, 0.717) is 12.1 Å². The van der Waals surface area contributed by atoms with Crippen LogP contribution in [0.5, 0.6) is 0 Å². The Hall–Kier alpha value is -1.71. The van der Waals surface area contributed by atoms with Gasteiger partial charge in [0.05, 0.1) is 0 Å². The molecule has 0 bridgehead atoms. The highest BCUT2D eigenvalue weighted by Gasteiger charge is 2.28. The molecule has 0 spiro atoms. The Morgan fingerprint density at radius 1 is 1.14 bits per heavy atom. The molecule has 1 aliphatic heterocycles. The van der Waals surface area contributed by atoms with Crippen LogP contribution in [0.25, 0.3) is 0 Å². The lowest BCUT2D eigenvalue weighted by Gasteiger charge is -2.38. The van der Waals surface area contributed by atoms with E-state index < -0.39 is 0 Å². The van der Waals surface area contributed by atoms with Gasteiger partial charge in [-0.3, -0.25) is 0 Å². The summed E-state index contributed by atoms with van der Waals surface area (Å²) >= 11 is 0. The van der Waals surface area contributed by atoms with Crippen LogP contribution >= 0.6 is 0 Å². The summed E-state index contributed by atoms with van der Waals surface area (Å²) in [4.78, 5) is 16.8. The van der Waals surface area contributed by atoms with Crippen molar-refractivity contribution < 1.29 is 4.79 Å². The first-order valence-electron chi connectivity index (χ1n) is 8.51. The van der Waals surface area contributed by atoms with Gasteiger partial charge in [0.25, 0.3) is 0 Å². The number of benzene rings is 1. The molecule has 1 aromatic rings. The van der Waals surface area contributed by atoms with E-state index in [2.05, 4.69) is 50.0 Å². The third kappa shape index (κ3) is 3.73. The molecule has 122 valence electrons. The third-order valence-electron chi connectivity index (χ3n) is 4.68. The lowest BCUT2D eigenvalue weighted by molar-refractivity contribution is 0.133. The number of piperidine rings is 1. The fourth-order valence-corrected chi connectivity index (χ4v) is 3.35. The fourth-order valence-electron chi connectivity index (χ4n) is 3.35. The minimum Gasteiger partial charge on any atom is -0.372 e. The molecule has 1 aliphatic rings. The molecular weight excluding hydrogens is 274 g/mol. The molecule has 4 nitrogen and oxygen atoms in total. The highest BCUT2D eigenvalue weighted by Crippen LogP contribution is 2.24. The van der Waals surface area contributed by atoms with Crippen LogP contribution in [0.3, 0.4) is 0 Å². The smallest absolute Gasteiger partial charge is 0.322 e. The number of amides is 2. The van der Waals surface area contributed by atoms with Gasteiger partial charge in [-0.25, -0.2) is 4.79 Å². The van der Waals surface area contributed by atoms with Crippen LogP contribution < -0.4 is 10.2 Å². The number of carbonyl (C=O) groups excluding carboxylic acids is 1. The average molecular weight is 303 g/mol. The summed E-state index contributed by atoms with van der Waals surface area (Å²) in [6.45, 7) is 10.6. The Labute approximate surface area is 134 Å². The zero-order valence-electron chi connectivity index (χ0n) is 14.3. The monoisotopic (exact) mass is 303 g/mol. The highest BCUT2D eigenvalue weighted by molar-refractivity contribution is 5.90. The van der Waals surface area contributed by atoms with Crippen LogP contribution in [0.2, 0.25) is 0 Å². The molecule has 0 aliphatic carbocycles. The molecule has 2 rings (SSSR count). The molecular formula is C18H29N3O. The molecule has 1 fully saturated rings. The lowest BCUT2D eigenvalue weighted by atomic mass is 9.98. The number of hydrogen-bond acceptors (Lipinski definition) is 2. The van der Waals surface area contributed by atoms with Crippen molar-refractivity contribution in [1.29, 1.82) is 0 Å². The van der Waals surface area contributed by atoms with Crippen LogP contribution in [0.1, 0.15) is 47.0 Å². The summed E-state index contributed by atoms with van der Waals surface area (Å²) < 4.78 is 0. The molecule has 4 heteroatoms. The SMILES string of the molecule is CCN(CC)c1ccc(NC(=O)N2C(C)CCCC2C)cc1. The number of anilines is 2. The van der Waals surface area contributed by atoms with E-state index in [1.165, 1.54) is 12.1 Å². The van der Waals surface area contributed by atoms with Crippen molar-refractivity contribution in [3.8, 4) is 0 Å². The summed E-state index contributed by atoms with van der Waals surface area (Å²) in [6, 6.07) is 8.79. The molecule has 2 unspecified atom stereocenters. The number of nitrogens with zero attached hydrogens (tertiary/aromatic N) is 2. The van der Waals surface area contributed by atoms with Gasteiger partial charge >= 0.3 is 6.03 Å². The van der Waals surface area contributed by atoms with E-state index in [-0.39, 0.29) is 6.03 Å². The fraction of sp³-hybridized carbons (Fsp3) is 0.611. The lowest BCUT2D eigenvalue weighted by Crippen LogP contribution is -2.49. The van der Waals surface area contributed by atoms with E-state index in [1.807, 2.05) is 17.0 Å². The Kier molecular flexibility index (Phi) is 5.69. The Bertz CT molecular complexity index is 472. The van der Waals surface area contributed by atoms with Crippen molar-refractivity contribution in [3.05, 3.63) is 24.3 Å². The van der Waals surface area contributed by atoms with Gasteiger partial charge in [-0.2, -0.15) is 0 Å². The van der Waals surface area contributed by atoms with Crippen LogP contribution in [-0.4, -0.2) is 36.1 Å². The Morgan fingerprint density at radius 2 is 1.68 bits per heavy atom. The van der Waals surface area contributed by atoms with Gasteiger partial charge < -0.3 is 15.1 Å². The van der Waals surface area contributed by atoms with Gasteiger partial charge in [-0.1, -0.05) is 0 Å². The van der Waals surface area contributed by atoms with E-state index in [4.69, 9.17) is 0 Å². The predicted molar refractivity (Wildman–Crippen MR) is 93.6 cm³/mol. The van der Waals surface area contributed by atoms with Gasteiger partial charge in [-0.05, 0) is 71.2 Å². The first-order chi connectivity index (χ1) is 10.6. The number of urea groups is 1. The van der Waals surface area contributed by atoms with Crippen LogP contribution in [0.15, 0.2) is 24.3 Å². The van der Waals surface area contributed by atoms with Gasteiger partial charge in [0.2, 0.25) is 0 Å². The van der Waals surface area contributed by atoms with E-state index in [0.717, 1.165) is 31.6 Å². The van der Waals surface area contributed by atoms with Gasteiger partial charge in [-0.15, -0.1) is 0 Å². The predicted octanol–water partition coefficient (Wildman–Crippen LogP) is 4.33. The van der Waals surface area contributed by atoms with Gasteiger partial charge in [0.15, 0.2) is 0 Å². The number of carbonyl (C=O) groups is 1. The average Bonchev–Trinajstić information content (AvgIpc) is 2.50. The number of hydrogen-bond donors (Lipinski definition) is 1. The summed E-state index contributed by atoms with van der Waals surface area (Å²) in [6.07, 6.45) is 3.40. The minimum atomic E-state index is 0.0234. The molecule has 2 atom stereocenters. The third-order valence-corrected chi connectivity index (χ3v) is 4.68. The van der Waals surface area contributed by atoms with Crippen molar-refractivity contribution in [2.75, 3.05) is 23.3 Å². The molecule has 1 N–H and O–H groups in total. The van der Waals surface area contributed by atoms with Crippen molar-refractivity contribution in [1.82, 2.24) is 4.90 Å². The highest BCUT2D eigenvalue weighted by atomic mass is 16.2. The molecule has 0 aromatic heterocycles. The molecule has 0 saturated carbocycles. The topological polar surface area (TPSA) is 35.6 Å². The molecule has 1 aromatic carbocycles. The standard InChI is InChI=1S/C18H29N3O/c1-5-20(6-2)17-12-10-16(11-13-17)19-18(22)21-14(3)8-7-9-15(21)4/h10-15H,5-9H2,1-4H3,(H,19,22). The largest absolute Gasteiger partial charge is 0.372 e. The summed E-state index contributed by atoms with van der Waals surface area (Å²) in [7, 11) is 0. The second-order valence-corrected chi connectivity index (χ2v) is 6.19. The maximum Gasteiger partial charge on any atom is 0.322 e. The van der Waals surface area contributed by atoms with Crippen LogP contribution in [0, 0.1) is 0 Å². The van der Waals surface area contributed by atoms with Crippen molar-refractivity contribution in [3.63, 3.8) is 0 Å². The van der Waals surface area contributed by atoms with Crippen LogP contribution in [-0.2, 0) is 0 Å². The first kappa shape index (κ1) is 16.7. The van der Waals surface area contributed by atoms with Crippen molar-refractivity contribution in [2.45, 2.75) is 59.0 Å². The number of rotatable bonds is 4. The van der Waals surface area contributed by atoms with Crippen LogP contribution in [0.4, 0.5) is 16.2 Å². The molecule has 0 radical (unpaired) electrons.